The minimum absolute atomic E-state index is 0.151. The van der Waals surface area contributed by atoms with Crippen LogP contribution in [0.2, 0.25) is 0 Å². The molecule has 2 atom stereocenters. The smallest absolute Gasteiger partial charge is 0.424 e. The maximum atomic E-state index is 13.8. The number of alkyl halides is 4. The Hall–Kier alpha value is -6.63. The van der Waals surface area contributed by atoms with Crippen molar-refractivity contribution in [2.24, 2.45) is 11.1 Å². The fraction of sp³-hybridized carbons (Fsp3) is 0.317. The third-order valence-electron chi connectivity index (χ3n) is 9.49. The zero-order chi connectivity index (χ0) is 43.5. The molecule has 6 rings (SSSR count). The average molecular weight is 838 g/mol. The summed E-state index contributed by atoms with van der Waals surface area (Å²) < 4.78 is 84.0. The zero-order valence-electron chi connectivity index (χ0n) is 32.7. The van der Waals surface area contributed by atoms with E-state index in [1.807, 2.05) is 0 Å². The number of hydrogen-bond acceptors (Lipinski definition) is 10. The molecule has 3 amide bonds. The first-order chi connectivity index (χ1) is 28.3. The zero-order valence-corrected chi connectivity index (χ0v) is 32.7. The van der Waals surface area contributed by atoms with E-state index in [9.17, 15) is 41.1 Å². The van der Waals surface area contributed by atoms with Crippen molar-refractivity contribution in [1.29, 1.82) is 0 Å². The van der Waals surface area contributed by atoms with Crippen molar-refractivity contribution in [2.75, 3.05) is 36.7 Å². The highest BCUT2D eigenvalue weighted by Gasteiger charge is 2.35. The van der Waals surface area contributed by atoms with Crippen LogP contribution in [0.1, 0.15) is 49.5 Å². The quantitative estimate of drug-likeness (QED) is 0.0747. The van der Waals surface area contributed by atoms with Crippen molar-refractivity contribution in [1.82, 2.24) is 19.5 Å². The first-order valence-corrected chi connectivity index (χ1v) is 18.5. The Morgan fingerprint density at radius 1 is 0.933 bits per heavy atom. The van der Waals surface area contributed by atoms with Crippen LogP contribution in [-0.4, -0.2) is 88.3 Å². The largest absolute Gasteiger partial charge is 0.482 e. The maximum Gasteiger partial charge on any atom is 0.424 e. The number of ether oxygens (including phenoxy) is 3. The molecule has 14 nitrogen and oxygen atoms in total. The molecule has 60 heavy (non-hydrogen) atoms. The summed E-state index contributed by atoms with van der Waals surface area (Å²) >= 11 is 0. The van der Waals surface area contributed by atoms with E-state index in [2.05, 4.69) is 15.4 Å². The number of nitrogens with one attached hydrogen (secondary N) is 1. The van der Waals surface area contributed by atoms with Crippen LogP contribution in [-0.2, 0) is 19.1 Å². The number of pyridine rings is 1. The van der Waals surface area contributed by atoms with Crippen LogP contribution in [0, 0.1) is 11.2 Å². The lowest BCUT2D eigenvalue weighted by molar-refractivity contribution is -0.156. The van der Waals surface area contributed by atoms with Gasteiger partial charge < -0.3 is 30.2 Å². The fourth-order valence-electron chi connectivity index (χ4n) is 5.86. The summed E-state index contributed by atoms with van der Waals surface area (Å²) in [6, 6.07) is 17.9. The normalized spacial score (nSPS) is 14.2. The van der Waals surface area contributed by atoms with E-state index in [1.165, 1.54) is 41.0 Å². The van der Waals surface area contributed by atoms with Crippen LogP contribution >= 0.6 is 0 Å². The highest BCUT2D eigenvalue weighted by molar-refractivity contribution is 6.00. The van der Waals surface area contributed by atoms with Gasteiger partial charge in [-0.15, -0.1) is 5.10 Å². The SMILES string of the molecule is CC(C(=O)Nc1ccc(-c2ccn3nc(N(C(=O)OCOC(=O)C(N)C(C)(C)C)c4ccc(C(=O)N5CC(F)C5)cc4OCC(F)(F)F)nc3c2)cc1)c1ccc(F)cc1. The van der Waals surface area contributed by atoms with Gasteiger partial charge >= 0.3 is 18.2 Å². The molecule has 0 radical (unpaired) electrons. The van der Waals surface area contributed by atoms with E-state index >= 15 is 0 Å². The minimum atomic E-state index is -4.84. The molecular weight excluding hydrogens is 797 g/mol. The third-order valence-corrected chi connectivity index (χ3v) is 9.49. The van der Waals surface area contributed by atoms with Crippen LogP contribution in [0.4, 0.5) is 44.1 Å². The Kier molecular flexibility index (Phi) is 12.4. The predicted octanol–water partition coefficient (Wildman–Crippen LogP) is 7.16. The van der Waals surface area contributed by atoms with Crippen molar-refractivity contribution < 1.29 is 55.3 Å². The lowest BCUT2D eigenvalue weighted by atomic mass is 9.87. The molecule has 1 saturated heterocycles. The Bertz CT molecular complexity index is 2380. The molecule has 0 bridgehead atoms. The van der Waals surface area contributed by atoms with Gasteiger partial charge in [0.15, 0.2) is 12.3 Å². The molecule has 3 aromatic carbocycles. The molecular formula is C41H40F5N7O7. The van der Waals surface area contributed by atoms with E-state index in [1.54, 1.807) is 64.1 Å². The Labute approximate surface area is 340 Å². The second-order valence-electron chi connectivity index (χ2n) is 15.0. The standard InChI is InChI=1S/C41H40F5N7O7/c1-23(24-5-10-28(42)11-6-24)35(54)48-30-12-7-25(8-13-30)26-15-16-52-33(18-26)49-38(50-52)53(39(57)60-22-59-37(56)34(47)40(2,3)4)31-14-9-27(36(55)51-19-29(43)20-51)17-32(31)58-21-41(44,45)46/h5-18,23,29,34H,19-22,47H2,1-4H3,(H,48,54). The van der Waals surface area contributed by atoms with Crippen LogP contribution in [0.25, 0.3) is 16.8 Å². The first kappa shape index (κ1) is 43.0. The van der Waals surface area contributed by atoms with Crippen molar-refractivity contribution in [3.63, 3.8) is 0 Å². The number of nitrogens with zero attached hydrogens (tertiary/aromatic N) is 5. The second kappa shape index (κ2) is 17.3. The summed E-state index contributed by atoms with van der Waals surface area (Å²) in [6.07, 6.45) is -5.89. The van der Waals surface area contributed by atoms with Crippen molar-refractivity contribution in [2.45, 2.75) is 52.0 Å². The number of rotatable bonds is 12. The number of halogens is 5. The Balaban J connectivity index is 1.30. The molecule has 2 aromatic heterocycles. The molecule has 1 aliphatic heterocycles. The number of aromatic nitrogens is 3. The molecule has 316 valence electrons. The number of amides is 3. The van der Waals surface area contributed by atoms with Crippen molar-refractivity contribution in [3.05, 3.63) is 102 Å². The molecule has 3 heterocycles. The van der Waals surface area contributed by atoms with E-state index in [0.717, 1.165) is 17.0 Å². The molecule has 5 aromatic rings. The summed E-state index contributed by atoms with van der Waals surface area (Å²) in [6.45, 7) is 3.58. The molecule has 0 saturated carbocycles. The van der Waals surface area contributed by atoms with Crippen LogP contribution in [0.15, 0.2) is 85.1 Å². The molecule has 0 aliphatic carbocycles. The van der Waals surface area contributed by atoms with E-state index in [4.69, 9.17) is 19.9 Å². The number of anilines is 3. The van der Waals surface area contributed by atoms with Gasteiger partial charge in [0.1, 0.15) is 23.8 Å². The number of esters is 1. The van der Waals surface area contributed by atoms with E-state index in [0.29, 0.717) is 27.3 Å². The Morgan fingerprint density at radius 2 is 1.62 bits per heavy atom. The van der Waals surface area contributed by atoms with Gasteiger partial charge in [-0.2, -0.15) is 18.2 Å². The summed E-state index contributed by atoms with van der Waals surface area (Å²) in [5, 5.41) is 7.18. The minimum Gasteiger partial charge on any atom is -0.482 e. The Morgan fingerprint density at radius 3 is 2.25 bits per heavy atom. The van der Waals surface area contributed by atoms with Crippen molar-refractivity contribution >= 4 is 46.8 Å². The monoisotopic (exact) mass is 837 g/mol. The number of nitrogens with two attached hydrogens (primary N) is 1. The number of hydrogen-bond donors (Lipinski definition) is 2. The van der Waals surface area contributed by atoms with Crippen LogP contribution in [0.5, 0.6) is 5.75 Å². The maximum absolute atomic E-state index is 13.8. The van der Waals surface area contributed by atoms with Crippen LogP contribution < -0.4 is 20.7 Å². The molecule has 0 spiro atoms. The van der Waals surface area contributed by atoms with E-state index < -0.39 is 78.6 Å². The average Bonchev–Trinajstić information content (AvgIpc) is 3.61. The molecule has 3 N–H and O–H groups in total. The topological polar surface area (TPSA) is 171 Å². The second-order valence-corrected chi connectivity index (χ2v) is 15.0. The number of carbonyl (C=O) groups is 4. The van der Waals surface area contributed by atoms with Gasteiger partial charge in [-0.1, -0.05) is 45.0 Å². The molecule has 19 heteroatoms. The molecule has 1 aliphatic rings. The number of fused-ring (bicyclic) bond motifs is 1. The summed E-state index contributed by atoms with van der Waals surface area (Å²) in [5.41, 5.74) is 7.31. The third kappa shape index (κ3) is 10.1. The summed E-state index contributed by atoms with van der Waals surface area (Å²) in [4.78, 5) is 58.6. The van der Waals surface area contributed by atoms with Gasteiger partial charge in [-0.3, -0.25) is 14.4 Å². The highest BCUT2D eigenvalue weighted by atomic mass is 19.4. The van der Waals surface area contributed by atoms with Gasteiger partial charge in [0, 0.05) is 17.4 Å². The lowest BCUT2D eigenvalue weighted by Gasteiger charge is -2.34. The first-order valence-electron chi connectivity index (χ1n) is 18.5. The van der Waals surface area contributed by atoms with Gasteiger partial charge in [0.2, 0.25) is 12.7 Å². The highest BCUT2D eigenvalue weighted by Crippen LogP contribution is 2.37. The lowest BCUT2D eigenvalue weighted by Crippen LogP contribution is -2.51. The predicted molar refractivity (Wildman–Crippen MR) is 208 cm³/mol. The van der Waals surface area contributed by atoms with E-state index in [-0.39, 0.29) is 35.9 Å². The summed E-state index contributed by atoms with van der Waals surface area (Å²) in [5.74, 6) is -3.87. The van der Waals surface area contributed by atoms with Gasteiger partial charge in [-0.25, -0.2) is 23.0 Å². The van der Waals surface area contributed by atoms with Gasteiger partial charge in [0.05, 0.1) is 24.7 Å². The number of benzene rings is 3. The molecule has 2 unspecified atom stereocenters. The van der Waals surface area contributed by atoms with Gasteiger partial charge in [-0.05, 0) is 83.6 Å². The fourth-order valence-corrected chi connectivity index (χ4v) is 5.86. The summed E-state index contributed by atoms with van der Waals surface area (Å²) in [7, 11) is 0. The number of likely N-dealkylation sites (tertiary alicyclic amines) is 1. The van der Waals surface area contributed by atoms with Crippen LogP contribution in [0.3, 0.4) is 0 Å². The van der Waals surface area contributed by atoms with Gasteiger partial charge in [0.25, 0.3) is 11.9 Å². The number of carbonyl (C=O) groups excluding carboxylic acids is 4. The van der Waals surface area contributed by atoms with Crippen molar-refractivity contribution in [3.8, 4) is 16.9 Å². The molecule has 1 fully saturated rings.